The molecule has 0 saturated carbocycles. The Balaban J connectivity index is 2.08. The Morgan fingerprint density at radius 2 is 1.85 bits per heavy atom. The average Bonchev–Trinajstić information content (AvgIpc) is 3.23. The molecule has 1 aromatic carbocycles. The molecule has 9 heteroatoms. The van der Waals surface area contributed by atoms with Crippen molar-refractivity contribution in [1.82, 2.24) is 14.9 Å². The highest BCUT2D eigenvalue weighted by molar-refractivity contribution is 7.71. The zero-order valence-electron chi connectivity index (χ0n) is 14.8. The van der Waals surface area contributed by atoms with Gasteiger partial charge in [-0.3, -0.25) is 0 Å². The molecular weight excluding hydrogens is 372 g/mol. The maximum absolute atomic E-state index is 5.40. The van der Waals surface area contributed by atoms with Gasteiger partial charge in [-0.1, -0.05) is 0 Å². The molecule has 0 aliphatic carbocycles. The lowest BCUT2D eigenvalue weighted by molar-refractivity contribution is 0.324. The molecule has 0 atom stereocenters. The molecular formula is C17H18N4O3S2. The predicted octanol–water partition coefficient (Wildman–Crippen LogP) is 3.89. The van der Waals surface area contributed by atoms with Crippen molar-refractivity contribution in [1.29, 1.82) is 0 Å². The van der Waals surface area contributed by atoms with Crippen LogP contribution in [0.4, 0.5) is 0 Å². The van der Waals surface area contributed by atoms with Crippen LogP contribution in [-0.2, 0) is 0 Å². The summed E-state index contributed by atoms with van der Waals surface area (Å²) in [6.45, 7) is 2.05. The Hall–Kier alpha value is -2.65. The van der Waals surface area contributed by atoms with E-state index in [1.54, 1.807) is 55.7 Å². The summed E-state index contributed by atoms with van der Waals surface area (Å²) in [7, 11) is 4.69. The fraction of sp³-hybridized carbons (Fsp3) is 0.235. The summed E-state index contributed by atoms with van der Waals surface area (Å²) in [4.78, 5) is 2.24. The molecule has 0 unspecified atom stereocenters. The molecule has 3 rings (SSSR count). The average molecular weight is 390 g/mol. The summed E-state index contributed by atoms with van der Waals surface area (Å²) in [6, 6.07) is 7.65. The highest BCUT2D eigenvalue weighted by Gasteiger charge is 2.17. The smallest absolute Gasteiger partial charge is 0.216 e. The minimum absolute atomic E-state index is 0.387. The van der Waals surface area contributed by atoms with Gasteiger partial charge in [0.25, 0.3) is 0 Å². The third kappa shape index (κ3) is 3.49. The molecule has 0 spiro atoms. The summed E-state index contributed by atoms with van der Waals surface area (Å²) in [5.41, 5.74) is 0.728. The van der Waals surface area contributed by atoms with E-state index in [4.69, 9.17) is 26.4 Å². The molecule has 136 valence electrons. The molecule has 7 nitrogen and oxygen atoms in total. The van der Waals surface area contributed by atoms with Gasteiger partial charge in [0.05, 0.1) is 27.5 Å². The van der Waals surface area contributed by atoms with Crippen molar-refractivity contribution >= 4 is 29.8 Å². The van der Waals surface area contributed by atoms with Crippen LogP contribution in [-0.4, -0.2) is 42.4 Å². The van der Waals surface area contributed by atoms with Crippen LogP contribution in [0, 0.1) is 11.7 Å². The minimum atomic E-state index is 0.387. The maximum atomic E-state index is 5.40. The van der Waals surface area contributed by atoms with Gasteiger partial charge < -0.3 is 14.2 Å². The second-order valence-corrected chi connectivity index (χ2v) is 6.98. The number of H-pyrrole nitrogens is 1. The SMILES string of the molecule is COc1cc(-c2n[nH]c(=S)n2/N=C\c2ccc(C)s2)cc(OC)c1OC. The first kappa shape index (κ1) is 18.2. The number of hydrogen-bond donors (Lipinski definition) is 1. The number of ether oxygens (including phenoxy) is 3. The highest BCUT2D eigenvalue weighted by Crippen LogP contribution is 2.40. The van der Waals surface area contributed by atoms with Crippen LogP contribution in [0.2, 0.25) is 0 Å². The van der Waals surface area contributed by atoms with E-state index in [9.17, 15) is 0 Å². The molecule has 0 aliphatic rings. The maximum Gasteiger partial charge on any atom is 0.216 e. The molecule has 0 fully saturated rings. The Labute approximate surface area is 159 Å². The minimum Gasteiger partial charge on any atom is -0.493 e. The number of aromatic amines is 1. The Morgan fingerprint density at radius 1 is 1.15 bits per heavy atom. The Kier molecular flexibility index (Phi) is 5.38. The highest BCUT2D eigenvalue weighted by atomic mass is 32.1. The normalized spacial score (nSPS) is 11.1. The first-order valence-corrected chi connectivity index (χ1v) is 8.88. The van der Waals surface area contributed by atoms with Crippen molar-refractivity contribution in [3.63, 3.8) is 0 Å². The standard InChI is InChI=1S/C17H18N4O3S2/c1-10-5-6-12(26-10)9-18-21-16(19-20-17(21)25)11-7-13(22-2)15(24-4)14(8-11)23-3/h5-9H,1-4H3,(H,20,25)/b18-9-. The van der Waals surface area contributed by atoms with Crippen LogP contribution in [0.5, 0.6) is 17.2 Å². The lowest BCUT2D eigenvalue weighted by atomic mass is 10.1. The summed E-state index contributed by atoms with van der Waals surface area (Å²) >= 11 is 6.96. The monoisotopic (exact) mass is 390 g/mol. The third-order valence-electron chi connectivity index (χ3n) is 3.63. The molecule has 0 amide bonds. The van der Waals surface area contributed by atoms with E-state index in [-0.39, 0.29) is 0 Å². The van der Waals surface area contributed by atoms with Crippen LogP contribution in [0.1, 0.15) is 9.75 Å². The fourth-order valence-corrected chi connectivity index (χ4v) is 3.36. The molecule has 0 aliphatic heterocycles. The first-order chi connectivity index (χ1) is 12.6. The van der Waals surface area contributed by atoms with Crippen molar-refractivity contribution in [3.05, 3.63) is 38.8 Å². The van der Waals surface area contributed by atoms with Gasteiger partial charge in [0, 0.05) is 15.3 Å². The van der Waals surface area contributed by atoms with Gasteiger partial charge in [-0.15, -0.1) is 11.3 Å². The molecule has 0 bridgehead atoms. The molecule has 2 aromatic heterocycles. The fourth-order valence-electron chi connectivity index (χ4n) is 2.43. The lowest BCUT2D eigenvalue weighted by Gasteiger charge is -2.13. The van der Waals surface area contributed by atoms with E-state index >= 15 is 0 Å². The zero-order chi connectivity index (χ0) is 18.7. The molecule has 0 saturated heterocycles. The van der Waals surface area contributed by atoms with Gasteiger partial charge in [-0.05, 0) is 43.4 Å². The van der Waals surface area contributed by atoms with Crippen molar-refractivity contribution < 1.29 is 14.2 Å². The summed E-state index contributed by atoms with van der Waals surface area (Å²) < 4.78 is 18.1. The van der Waals surface area contributed by atoms with E-state index < -0.39 is 0 Å². The zero-order valence-corrected chi connectivity index (χ0v) is 16.4. The number of hydrogen-bond acceptors (Lipinski definition) is 7. The van der Waals surface area contributed by atoms with E-state index in [0.29, 0.717) is 27.8 Å². The number of aromatic nitrogens is 3. The van der Waals surface area contributed by atoms with E-state index in [1.807, 2.05) is 19.1 Å². The summed E-state index contributed by atoms with van der Waals surface area (Å²) in [5.74, 6) is 2.11. The van der Waals surface area contributed by atoms with Gasteiger partial charge in [0.15, 0.2) is 17.3 Å². The summed E-state index contributed by atoms with van der Waals surface area (Å²) in [6.07, 6.45) is 1.75. The van der Waals surface area contributed by atoms with Crippen LogP contribution < -0.4 is 14.2 Å². The molecule has 26 heavy (non-hydrogen) atoms. The molecule has 1 N–H and O–H groups in total. The number of nitrogens with zero attached hydrogens (tertiary/aromatic N) is 3. The van der Waals surface area contributed by atoms with Gasteiger partial charge in [-0.2, -0.15) is 14.9 Å². The largest absolute Gasteiger partial charge is 0.493 e. The molecule has 0 radical (unpaired) electrons. The van der Waals surface area contributed by atoms with Gasteiger partial charge in [0.2, 0.25) is 10.5 Å². The van der Waals surface area contributed by atoms with Crippen LogP contribution in [0.25, 0.3) is 11.4 Å². The first-order valence-electron chi connectivity index (χ1n) is 7.66. The predicted molar refractivity (Wildman–Crippen MR) is 105 cm³/mol. The van der Waals surface area contributed by atoms with Crippen molar-refractivity contribution in [2.24, 2.45) is 5.10 Å². The topological polar surface area (TPSA) is 73.7 Å². The van der Waals surface area contributed by atoms with E-state index in [2.05, 4.69) is 15.3 Å². The quantitative estimate of drug-likeness (QED) is 0.511. The van der Waals surface area contributed by atoms with Crippen LogP contribution in [0.15, 0.2) is 29.4 Å². The van der Waals surface area contributed by atoms with Crippen LogP contribution in [0.3, 0.4) is 0 Å². The number of rotatable bonds is 6. The van der Waals surface area contributed by atoms with Crippen LogP contribution >= 0.6 is 23.6 Å². The second kappa shape index (κ2) is 7.71. The second-order valence-electron chi connectivity index (χ2n) is 5.27. The van der Waals surface area contributed by atoms with Gasteiger partial charge in [0.1, 0.15) is 0 Å². The summed E-state index contributed by atoms with van der Waals surface area (Å²) in [5, 5.41) is 11.5. The number of thiophene rings is 1. The van der Waals surface area contributed by atoms with E-state index in [0.717, 1.165) is 10.4 Å². The number of benzene rings is 1. The van der Waals surface area contributed by atoms with Crippen molar-refractivity contribution in [2.45, 2.75) is 6.92 Å². The third-order valence-corrected chi connectivity index (χ3v) is 4.83. The molecule has 2 heterocycles. The lowest BCUT2D eigenvalue weighted by Crippen LogP contribution is -1.98. The Bertz CT molecular complexity index is 979. The van der Waals surface area contributed by atoms with Crippen molar-refractivity contribution in [2.75, 3.05) is 21.3 Å². The van der Waals surface area contributed by atoms with Gasteiger partial charge in [-0.25, -0.2) is 5.10 Å². The number of nitrogens with one attached hydrogen (secondary N) is 1. The number of methoxy groups -OCH3 is 3. The van der Waals surface area contributed by atoms with Crippen molar-refractivity contribution in [3.8, 4) is 28.6 Å². The van der Waals surface area contributed by atoms with Gasteiger partial charge >= 0.3 is 0 Å². The molecule has 3 aromatic rings. The number of aryl methyl sites for hydroxylation is 1. The Morgan fingerprint density at radius 3 is 2.38 bits per heavy atom. The van der Waals surface area contributed by atoms with E-state index in [1.165, 1.54) is 4.88 Å².